The Kier molecular flexibility index (Phi) is 2.21. The van der Waals surface area contributed by atoms with Crippen LogP contribution >= 0.6 is 11.8 Å². The van der Waals surface area contributed by atoms with Crippen molar-refractivity contribution in [2.24, 2.45) is 0 Å². The lowest BCUT2D eigenvalue weighted by molar-refractivity contribution is -0.131. The van der Waals surface area contributed by atoms with E-state index in [1.807, 2.05) is 24.3 Å². The molecule has 2 rings (SSSR count). The number of aliphatic carboxylic acids is 1. The van der Waals surface area contributed by atoms with E-state index < -0.39 is 5.97 Å². The van der Waals surface area contributed by atoms with E-state index in [0.717, 1.165) is 10.6 Å². The van der Waals surface area contributed by atoms with Crippen LogP contribution < -0.4 is 5.32 Å². The number of rotatable bonds is 1. The average Bonchev–Trinajstić information content (AvgIpc) is 2.16. The number of carboxylic acid groups (broad SMARTS) is 1. The minimum Gasteiger partial charge on any atom is -0.477 e. The van der Waals surface area contributed by atoms with Crippen LogP contribution in [0.25, 0.3) is 0 Å². The lowest BCUT2D eigenvalue weighted by Crippen LogP contribution is -2.10. The fourth-order valence-electron chi connectivity index (χ4n) is 1.31. The SMILES string of the molecule is CC1=C(C(=O)O)Sc2ccccc2N1. The molecule has 0 aliphatic carbocycles. The van der Waals surface area contributed by atoms with E-state index in [0.29, 0.717) is 10.6 Å². The molecule has 0 bridgehead atoms. The Morgan fingerprint density at radius 2 is 2.14 bits per heavy atom. The zero-order chi connectivity index (χ0) is 10.1. The molecule has 0 aromatic heterocycles. The Bertz CT molecular complexity index is 426. The number of anilines is 1. The highest BCUT2D eigenvalue weighted by molar-refractivity contribution is 8.04. The standard InChI is InChI=1S/C10H9NO2S/c1-6-9(10(12)13)14-8-5-3-2-4-7(8)11-6/h2-5,11H,1H3,(H,12,13). The normalized spacial score (nSPS) is 14.6. The number of benzene rings is 1. The van der Waals surface area contributed by atoms with E-state index in [1.54, 1.807) is 6.92 Å². The largest absolute Gasteiger partial charge is 0.477 e. The smallest absolute Gasteiger partial charge is 0.344 e. The molecular weight excluding hydrogens is 198 g/mol. The van der Waals surface area contributed by atoms with Gasteiger partial charge in [0.15, 0.2) is 0 Å². The topological polar surface area (TPSA) is 49.3 Å². The van der Waals surface area contributed by atoms with Crippen molar-refractivity contribution < 1.29 is 9.90 Å². The molecule has 1 aliphatic heterocycles. The van der Waals surface area contributed by atoms with E-state index in [1.165, 1.54) is 11.8 Å². The van der Waals surface area contributed by atoms with Gasteiger partial charge in [0.05, 0.1) is 5.69 Å². The number of carbonyl (C=O) groups is 1. The Balaban J connectivity index is 2.41. The summed E-state index contributed by atoms with van der Waals surface area (Å²) in [4.78, 5) is 12.2. The molecule has 0 unspecified atom stereocenters. The first-order valence-electron chi connectivity index (χ1n) is 4.16. The van der Waals surface area contributed by atoms with Gasteiger partial charge in [-0.05, 0) is 19.1 Å². The van der Waals surface area contributed by atoms with Gasteiger partial charge in [-0.3, -0.25) is 0 Å². The van der Waals surface area contributed by atoms with Gasteiger partial charge in [-0.2, -0.15) is 0 Å². The van der Waals surface area contributed by atoms with Crippen LogP contribution in [0.2, 0.25) is 0 Å². The predicted octanol–water partition coefficient (Wildman–Crippen LogP) is 2.52. The van der Waals surface area contributed by atoms with Crippen molar-refractivity contribution in [2.75, 3.05) is 5.32 Å². The monoisotopic (exact) mass is 207 g/mol. The number of thioether (sulfide) groups is 1. The van der Waals surface area contributed by atoms with Crippen LogP contribution in [-0.4, -0.2) is 11.1 Å². The molecule has 1 aliphatic rings. The number of hydrogen-bond donors (Lipinski definition) is 2. The first kappa shape index (κ1) is 9.15. The van der Waals surface area contributed by atoms with Crippen molar-refractivity contribution >= 4 is 23.4 Å². The lowest BCUT2D eigenvalue weighted by Gasteiger charge is -2.19. The molecule has 0 atom stereocenters. The minimum atomic E-state index is -0.880. The number of allylic oxidation sites excluding steroid dienone is 1. The van der Waals surface area contributed by atoms with Crippen LogP contribution in [0.3, 0.4) is 0 Å². The Hall–Kier alpha value is -1.42. The zero-order valence-electron chi connectivity index (χ0n) is 7.57. The molecule has 0 saturated carbocycles. The summed E-state index contributed by atoms with van der Waals surface area (Å²) < 4.78 is 0. The summed E-state index contributed by atoms with van der Waals surface area (Å²) in [5, 5.41) is 12.0. The van der Waals surface area contributed by atoms with Crippen LogP contribution in [-0.2, 0) is 4.79 Å². The Morgan fingerprint density at radius 1 is 1.43 bits per heavy atom. The maximum atomic E-state index is 10.9. The first-order chi connectivity index (χ1) is 6.68. The van der Waals surface area contributed by atoms with Crippen LogP contribution in [0, 0.1) is 0 Å². The molecule has 0 spiro atoms. The second-order valence-corrected chi connectivity index (χ2v) is 4.03. The second kappa shape index (κ2) is 3.38. The Morgan fingerprint density at radius 3 is 2.86 bits per heavy atom. The molecule has 0 amide bonds. The Labute approximate surface area is 85.8 Å². The molecule has 3 nitrogen and oxygen atoms in total. The third-order valence-corrected chi connectivity index (χ3v) is 3.22. The van der Waals surface area contributed by atoms with E-state index in [4.69, 9.17) is 5.11 Å². The summed E-state index contributed by atoms with van der Waals surface area (Å²) in [7, 11) is 0. The molecule has 2 N–H and O–H groups in total. The second-order valence-electron chi connectivity index (χ2n) is 2.98. The highest BCUT2D eigenvalue weighted by atomic mass is 32.2. The van der Waals surface area contributed by atoms with Gasteiger partial charge in [0.1, 0.15) is 4.91 Å². The maximum absolute atomic E-state index is 10.9. The summed E-state index contributed by atoms with van der Waals surface area (Å²) in [6.45, 7) is 1.77. The number of nitrogens with one attached hydrogen (secondary N) is 1. The van der Waals surface area contributed by atoms with Crippen molar-refractivity contribution in [1.82, 2.24) is 0 Å². The maximum Gasteiger partial charge on any atom is 0.344 e. The van der Waals surface area contributed by atoms with Gasteiger partial charge >= 0.3 is 5.97 Å². The average molecular weight is 207 g/mol. The van der Waals surface area contributed by atoms with Gasteiger partial charge in [0.2, 0.25) is 0 Å². The van der Waals surface area contributed by atoms with Gasteiger partial charge in [0, 0.05) is 10.6 Å². The highest BCUT2D eigenvalue weighted by Gasteiger charge is 2.20. The van der Waals surface area contributed by atoms with Crippen LogP contribution in [0.4, 0.5) is 5.69 Å². The van der Waals surface area contributed by atoms with Crippen molar-refractivity contribution in [1.29, 1.82) is 0 Å². The summed E-state index contributed by atoms with van der Waals surface area (Å²) in [5.41, 5.74) is 1.67. The molecule has 1 heterocycles. The number of hydrogen-bond acceptors (Lipinski definition) is 3. The van der Waals surface area contributed by atoms with Gasteiger partial charge in [-0.1, -0.05) is 23.9 Å². The summed E-state index contributed by atoms with van der Waals surface area (Å²) in [6.07, 6.45) is 0. The quantitative estimate of drug-likeness (QED) is 0.743. The van der Waals surface area contributed by atoms with Crippen LogP contribution in [0.15, 0.2) is 39.8 Å². The molecule has 72 valence electrons. The molecular formula is C10H9NO2S. The highest BCUT2D eigenvalue weighted by Crippen LogP contribution is 2.39. The number of carboxylic acids is 1. The van der Waals surface area contributed by atoms with Crippen molar-refractivity contribution in [2.45, 2.75) is 11.8 Å². The van der Waals surface area contributed by atoms with Crippen molar-refractivity contribution in [3.8, 4) is 0 Å². The van der Waals surface area contributed by atoms with Crippen LogP contribution in [0.1, 0.15) is 6.92 Å². The zero-order valence-corrected chi connectivity index (χ0v) is 8.39. The molecule has 14 heavy (non-hydrogen) atoms. The summed E-state index contributed by atoms with van der Waals surface area (Å²) in [5.74, 6) is -0.880. The molecule has 1 aromatic rings. The van der Waals surface area contributed by atoms with E-state index >= 15 is 0 Å². The first-order valence-corrected chi connectivity index (χ1v) is 4.98. The van der Waals surface area contributed by atoms with Gasteiger partial charge in [-0.25, -0.2) is 4.79 Å². The fourth-order valence-corrected chi connectivity index (χ4v) is 2.20. The predicted molar refractivity (Wildman–Crippen MR) is 56.3 cm³/mol. The van der Waals surface area contributed by atoms with Crippen molar-refractivity contribution in [3.05, 3.63) is 34.9 Å². The minimum absolute atomic E-state index is 0.365. The van der Waals surface area contributed by atoms with E-state index in [2.05, 4.69) is 5.32 Å². The summed E-state index contributed by atoms with van der Waals surface area (Å²) >= 11 is 1.29. The summed E-state index contributed by atoms with van der Waals surface area (Å²) in [6, 6.07) is 7.66. The van der Waals surface area contributed by atoms with Gasteiger partial charge in [-0.15, -0.1) is 0 Å². The van der Waals surface area contributed by atoms with E-state index in [-0.39, 0.29) is 0 Å². The van der Waals surface area contributed by atoms with Gasteiger partial charge < -0.3 is 10.4 Å². The van der Waals surface area contributed by atoms with Gasteiger partial charge in [0.25, 0.3) is 0 Å². The molecule has 4 heteroatoms. The number of para-hydroxylation sites is 1. The molecule has 0 radical (unpaired) electrons. The fraction of sp³-hybridized carbons (Fsp3) is 0.100. The lowest BCUT2D eigenvalue weighted by atomic mass is 10.3. The molecule has 0 fully saturated rings. The van der Waals surface area contributed by atoms with E-state index in [9.17, 15) is 4.79 Å². The number of fused-ring (bicyclic) bond motifs is 1. The van der Waals surface area contributed by atoms with Crippen LogP contribution in [0.5, 0.6) is 0 Å². The third-order valence-electron chi connectivity index (χ3n) is 1.96. The van der Waals surface area contributed by atoms with Crippen molar-refractivity contribution in [3.63, 3.8) is 0 Å². The molecule has 1 aromatic carbocycles. The molecule has 0 saturated heterocycles. The third kappa shape index (κ3) is 1.48.